The Morgan fingerprint density at radius 3 is 2.80 bits per heavy atom. The molecule has 0 aromatic carbocycles. The van der Waals surface area contributed by atoms with Gasteiger partial charge in [-0.15, -0.1) is 0 Å². The molecular formula is C15H9FN4. The molecule has 0 spiro atoms. The summed E-state index contributed by atoms with van der Waals surface area (Å²) in [6.07, 6.45) is 4.91. The van der Waals surface area contributed by atoms with Crippen LogP contribution in [0.3, 0.4) is 0 Å². The third kappa shape index (κ3) is 1.64. The first-order chi connectivity index (χ1) is 9.81. The number of aromatic nitrogens is 4. The van der Waals surface area contributed by atoms with E-state index < -0.39 is 5.95 Å². The molecule has 4 rings (SSSR count). The van der Waals surface area contributed by atoms with Gasteiger partial charge in [0.1, 0.15) is 5.65 Å². The van der Waals surface area contributed by atoms with Crippen molar-refractivity contribution in [1.29, 1.82) is 0 Å². The topological polar surface area (TPSA) is 54.5 Å². The van der Waals surface area contributed by atoms with E-state index in [0.717, 1.165) is 33.2 Å². The van der Waals surface area contributed by atoms with Crippen LogP contribution >= 0.6 is 0 Å². The van der Waals surface area contributed by atoms with Crippen LogP contribution in [0.25, 0.3) is 33.2 Å². The maximum atomic E-state index is 13.2. The Morgan fingerprint density at radius 2 is 1.90 bits per heavy atom. The van der Waals surface area contributed by atoms with Crippen LogP contribution in [0.5, 0.6) is 0 Å². The molecule has 4 heterocycles. The minimum atomic E-state index is -0.499. The zero-order chi connectivity index (χ0) is 13.5. The summed E-state index contributed by atoms with van der Waals surface area (Å²) in [5.74, 6) is -0.499. The molecule has 20 heavy (non-hydrogen) atoms. The molecular weight excluding hydrogens is 255 g/mol. The highest BCUT2D eigenvalue weighted by Crippen LogP contribution is 2.26. The van der Waals surface area contributed by atoms with E-state index in [1.807, 2.05) is 18.2 Å². The van der Waals surface area contributed by atoms with Gasteiger partial charge in [0.25, 0.3) is 0 Å². The van der Waals surface area contributed by atoms with E-state index in [2.05, 4.69) is 19.9 Å². The van der Waals surface area contributed by atoms with Crippen molar-refractivity contribution in [1.82, 2.24) is 19.9 Å². The molecule has 96 valence electrons. The van der Waals surface area contributed by atoms with Gasteiger partial charge >= 0.3 is 0 Å². The monoisotopic (exact) mass is 264 g/mol. The minimum absolute atomic E-state index is 0.499. The number of hydrogen-bond donors (Lipinski definition) is 1. The van der Waals surface area contributed by atoms with Gasteiger partial charge < -0.3 is 4.98 Å². The van der Waals surface area contributed by atoms with Gasteiger partial charge in [-0.3, -0.25) is 4.98 Å². The van der Waals surface area contributed by atoms with Gasteiger partial charge in [0.05, 0.1) is 11.0 Å². The van der Waals surface area contributed by atoms with Crippen LogP contribution in [0, 0.1) is 5.95 Å². The molecule has 1 N–H and O–H groups in total. The maximum absolute atomic E-state index is 13.2. The van der Waals surface area contributed by atoms with Crippen molar-refractivity contribution in [2.75, 3.05) is 0 Å². The second-order valence-electron chi connectivity index (χ2n) is 4.51. The standard InChI is InChI=1S/C15H9FN4/c16-13-7-9(3-5-17-13)10-6-12-14(19-8-10)11-2-1-4-18-15(11)20-12/h1-8H,(H,18,20). The predicted octanol–water partition coefficient (Wildman–Crippen LogP) is 3.31. The molecule has 0 saturated heterocycles. The molecule has 0 atom stereocenters. The highest BCUT2D eigenvalue weighted by molar-refractivity contribution is 6.04. The smallest absolute Gasteiger partial charge is 0.213 e. The summed E-state index contributed by atoms with van der Waals surface area (Å²) >= 11 is 0. The largest absolute Gasteiger partial charge is 0.338 e. The Bertz CT molecular complexity index is 929. The Balaban J connectivity index is 1.97. The van der Waals surface area contributed by atoms with Crippen molar-refractivity contribution in [3.63, 3.8) is 0 Å². The lowest BCUT2D eigenvalue weighted by molar-refractivity contribution is 0.584. The number of H-pyrrole nitrogens is 1. The Hall–Kier alpha value is -2.82. The van der Waals surface area contributed by atoms with Crippen LogP contribution < -0.4 is 0 Å². The summed E-state index contributed by atoms with van der Waals surface area (Å²) in [6.45, 7) is 0. The van der Waals surface area contributed by atoms with E-state index in [-0.39, 0.29) is 0 Å². The van der Waals surface area contributed by atoms with Crippen LogP contribution in [-0.4, -0.2) is 19.9 Å². The van der Waals surface area contributed by atoms with Crippen LogP contribution in [0.2, 0.25) is 0 Å². The molecule has 4 aromatic heterocycles. The Morgan fingerprint density at radius 1 is 0.950 bits per heavy atom. The normalized spacial score (nSPS) is 11.2. The van der Waals surface area contributed by atoms with E-state index >= 15 is 0 Å². The number of rotatable bonds is 1. The van der Waals surface area contributed by atoms with Crippen molar-refractivity contribution < 1.29 is 4.39 Å². The molecule has 0 bridgehead atoms. The third-order valence-electron chi connectivity index (χ3n) is 3.26. The van der Waals surface area contributed by atoms with Gasteiger partial charge in [-0.25, -0.2) is 9.97 Å². The molecule has 0 aliphatic carbocycles. The molecule has 0 saturated carbocycles. The van der Waals surface area contributed by atoms with Crippen molar-refractivity contribution >= 4 is 22.1 Å². The van der Waals surface area contributed by atoms with Crippen LogP contribution in [0.4, 0.5) is 4.39 Å². The van der Waals surface area contributed by atoms with E-state index in [4.69, 9.17) is 0 Å². The number of pyridine rings is 3. The summed E-state index contributed by atoms with van der Waals surface area (Å²) in [7, 11) is 0. The van der Waals surface area contributed by atoms with Gasteiger partial charge in [0.2, 0.25) is 5.95 Å². The van der Waals surface area contributed by atoms with Crippen molar-refractivity contribution in [2.45, 2.75) is 0 Å². The molecule has 0 aliphatic heterocycles. The summed E-state index contributed by atoms with van der Waals surface area (Å²) in [5.41, 5.74) is 4.14. The average Bonchev–Trinajstić information content (AvgIpc) is 2.85. The molecule has 4 nitrogen and oxygen atoms in total. The second kappa shape index (κ2) is 4.09. The molecule has 0 radical (unpaired) electrons. The fraction of sp³-hybridized carbons (Fsp3) is 0. The van der Waals surface area contributed by atoms with Crippen LogP contribution in [0.1, 0.15) is 0 Å². The zero-order valence-electron chi connectivity index (χ0n) is 10.3. The average molecular weight is 264 g/mol. The van der Waals surface area contributed by atoms with Gasteiger partial charge in [0.15, 0.2) is 0 Å². The van der Waals surface area contributed by atoms with Crippen molar-refractivity contribution in [3.8, 4) is 11.1 Å². The second-order valence-corrected chi connectivity index (χ2v) is 4.51. The molecule has 0 unspecified atom stereocenters. The van der Waals surface area contributed by atoms with Crippen molar-refractivity contribution in [2.24, 2.45) is 0 Å². The number of fused-ring (bicyclic) bond motifs is 3. The molecule has 5 heteroatoms. The number of nitrogens with one attached hydrogen (secondary N) is 1. The quantitative estimate of drug-likeness (QED) is 0.536. The van der Waals surface area contributed by atoms with E-state index in [1.165, 1.54) is 12.3 Å². The Kier molecular flexibility index (Phi) is 2.26. The predicted molar refractivity (Wildman–Crippen MR) is 74.6 cm³/mol. The summed E-state index contributed by atoms with van der Waals surface area (Å²) in [5, 5.41) is 0.981. The SMILES string of the molecule is Fc1cc(-c2cnc3c(c2)[nH]c2ncccc23)ccn1. The third-order valence-corrected chi connectivity index (χ3v) is 3.26. The number of halogens is 1. The molecule has 0 aliphatic rings. The fourth-order valence-corrected chi connectivity index (χ4v) is 2.34. The van der Waals surface area contributed by atoms with E-state index in [9.17, 15) is 4.39 Å². The van der Waals surface area contributed by atoms with Crippen LogP contribution in [-0.2, 0) is 0 Å². The van der Waals surface area contributed by atoms with Crippen LogP contribution in [0.15, 0.2) is 48.9 Å². The highest BCUT2D eigenvalue weighted by atomic mass is 19.1. The first-order valence-electron chi connectivity index (χ1n) is 6.16. The van der Waals surface area contributed by atoms with Gasteiger partial charge in [0, 0.05) is 35.6 Å². The van der Waals surface area contributed by atoms with Gasteiger partial charge in [-0.1, -0.05) is 0 Å². The lowest BCUT2D eigenvalue weighted by Crippen LogP contribution is -1.85. The zero-order valence-corrected chi connectivity index (χ0v) is 10.3. The maximum Gasteiger partial charge on any atom is 0.213 e. The van der Waals surface area contributed by atoms with E-state index in [0.29, 0.717) is 0 Å². The van der Waals surface area contributed by atoms with Gasteiger partial charge in [-0.2, -0.15) is 4.39 Å². The highest BCUT2D eigenvalue weighted by Gasteiger charge is 2.08. The van der Waals surface area contributed by atoms with E-state index in [1.54, 1.807) is 18.5 Å². The summed E-state index contributed by atoms with van der Waals surface area (Å²) in [6, 6.07) is 8.94. The lowest BCUT2D eigenvalue weighted by Gasteiger charge is -2.01. The van der Waals surface area contributed by atoms with Gasteiger partial charge in [-0.05, 0) is 29.8 Å². The fourth-order valence-electron chi connectivity index (χ4n) is 2.34. The first kappa shape index (κ1) is 11.0. The molecule has 4 aromatic rings. The number of aromatic amines is 1. The first-order valence-corrected chi connectivity index (χ1v) is 6.16. The minimum Gasteiger partial charge on any atom is -0.338 e. The number of nitrogens with zero attached hydrogens (tertiary/aromatic N) is 3. The summed E-state index contributed by atoms with van der Waals surface area (Å²) in [4.78, 5) is 15.5. The molecule has 0 fully saturated rings. The lowest BCUT2D eigenvalue weighted by atomic mass is 10.1. The Labute approximate surface area is 113 Å². The number of hydrogen-bond acceptors (Lipinski definition) is 3. The molecule has 0 amide bonds. The van der Waals surface area contributed by atoms with Crippen molar-refractivity contribution in [3.05, 3.63) is 54.9 Å². The summed E-state index contributed by atoms with van der Waals surface area (Å²) < 4.78 is 13.2.